The first kappa shape index (κ1) is 15.9. The van der Waals surface area contributed by atoms with E-state index in [1.807, 2.05) is 44.2 Å². The maximum atomic E-state index is 12.5. The summed E-state index contributed by atoms with van der Waals surface area (Å²) >= 11 is 1.39. The van der Waals surface area contributed by atoms with Crippen molar-refractivity contribution < 1.29 is 9.90 Å². The van der Waals surface area contributed by atoms with Gasteiger partial charge in [0.1, 0.15) is 5.76 Å². The van der Waals surface area contributed by atoms with Gasteiger partial charge in [-0.05, 0) is 48.6 Å². The Morgan fingerprint density at radius 1 is 1.00 bits per heavy atom. The minimum absolute atomic E-state index is 0.0340. The second-order valence-electron chi connectivity index (χ2n) is 6.14. The van der Waals surface area contributed by atoms with Crippen molar-refractivity contribution in [3.05, 3.63) is 75.9 Å². The Morgan fingerprint density at radius 3 is 2.26 bits per heavy atom. The number of benzene rings is 2. The molecule has 2 aromatic rings. The van der Waals surface area contributed by atoms with Crippen molar-refractivity contribution >= 4 is 17.5 Å². The van der Waals surface area contributed by atoms with Crippen LogP contribution in [0.25, 0.3) is 0 Å². The van der Waals surface area contributed by atoms with Gasteiger partial charge in [-0.25, -0.2) is 0 Å². The lowest BCUT2D eigenvalue weighted by Crippen LogP contribution is -2.17. The van der Waals surface area contributed by atoms with Crippen LogP contribution in [0.15, 0.2) is 64.1 Å². The van der Waals surface area contributed by atoms with Gasteiger partial charge in [0, 0.05) is 17.7 Å². The third-order valence-corrected chi connectivity index (χ3v) is 5.21. The first-order valence-electron chi connectivity index (χ1n) is 7.79. The Labute approximate surface area is 141 Å². The third kappa shape index (κ3) is 3.67. The molecule has 1 atom stereocenters. The molecule has 0 bridgehead atoms. The van der Waals surface area contributed by atoms with Crippen LogP contribution in [-0.2, 0) is 4.79 Å². The number of carbonyl (C=O) groups excluding carboxylic acids is 1. The molecule has 0 aromatic heterocycles. The molecule has 3 heteroatoms. The molecule has 0 aliphatic heterocycles. The zero-order valence-corrected chi connectivity index (χ0v) is 14.2. The van der Waals surface area contributed by atoms with Gasteiger partial charge in [-0.15, -0.1) is 0 Å². The quantitative estimate of drug-likeness (QED) is 0.831. The van der Waals surface area contributed by atoms with Gasteiger partial charge in [-0.3, -0.25) is 4.79 Å². The average molecular weight is 324 g/mol. The van der Waals surface area contributed by atoms with Crippen molar-refractivity contribution in [3.63, 3.8) is 0 Å². The molecule has 3 rings (SSSR count). The largest absolute Gasteiger partial charge is 0.511 e. The van der Waals surface area contributed by atoms with Gasteiger partial charge >= 0.3 is 0 Å². The van der Waals surface area contributed by atoms with Crippen molar-refractivity contribution in [2.24, 2.45) is 0 Å². The van der Waals surface area contributed by atoms with Crippen LogP contribution in [0.2, 0.25) is 0 Å². The number of rotatable bonds is 3. The van der Waals surface area contributed by atoms with Gasteiger partial charge in [0.25, 0.3) is 0 Å². The van der Waals surface area contributed by atoms with Gasteiger partial charge in [0.15, 0.2) is 5.78 Å². The highest BCUT2D eigenvalue weighted by Crippen LogP contribution is 2.40. The van der Waals surface area contributed by atoms with Crippen LogP contribution < -0.4 is 0 Å². The maximum Gasteiger partial charge on any atom is 0.173 e. The number of allylic oxidation sites excluding steroid dienone is 2. The number of aryl methyl sites for hydroxylation is 2. The molecule has 1 unspecified atom stereocenters. The van der Waals surface area contributed by atoms with E-state index in [1.54, 1.807) is 0 Å². The number of hydrogen-bond acceptors (Lipinski definition) is 3. The van der Waals surface area contributed by atoms with Gasteiger partial charge < -0.3 is 5.11 Å². The van der Waals surface area contributed by atoms with Crippen LogP contribution >= 0.6 is 11.8 Å². The van der Waals surface area contributed by atoms with Crippen LogP contribution in [0.3, 0.4) is 0 Å². The van der Waals surface area contributed by atoms with Crippen molar-refractivity contribution in [1.82, 2.24) is 0 Å². The molecule has 118 valence electrons. The minimum Gasteiger partial charge on any atom is -0.511 e. The Kier molecular flexibility index (Phi) is 4.58. The number of hydrogen-bond donors (Lipinski definition) is 1. The molecule has 1 N–H and O–H groups in total. The number of carbonyl (C=O) groups is 1. The summed E-state index contributed by atoms with van der Waals surface area (Å²) in [6.45, 7) is 4.08. The van der Waals surface area contributed by atoms with E-state index < -0.39 is 0 Å². The average Bonchev–Trinajstić information content (AvgIpc) is 2.50. The Balaban J connectivity index is 1.84. The third-order valence-electron chi connectivity index (χ3n) is 4.07. The van der Waals surface area contributed by atoms with Crippen LogP contribution in [-0.4, -0.2) is 10.9 Å². The molecule has 0 fully saturated rings. The molecule has 2 nitrogen and oxygen atoms in total. The summed E-state index contributed by atoms with van der Waals surface area (Å²) in [6.07, 6.45) is 0.990. The highest BCUT2D eigenvalue weighted by molar-refractivity contribution is 8.04. The van der Waals surface area contributed by atoms with Gasteiger partial charge in [-0.2, -0.15) is 0 Å². The lowest BCUT2D eigenvalue weighted by atomic mass is 9.86. The summed E-state index contributed by atoms with van der Waals surface area (Å²) in [5.74, 6) is 0.332. The fraction of sp³-hybridized carbons (Fsp3) is 0.250. The zero-order valence-electron chi connectivity index (χ0n) is 13.4. The molecule has 2 aromatic carbocycles. The Bertz CT molecular complexity index is 742. The number of Topliss-reactive ketones (excluding diaryl/α,β-unsaturated/α-hetero) is 1. The summed E-state index contributed by atoms with van der Waals surface area (Å²) in [5.41, 5.74) is 3.44. The maximum absolute atomic E-state index is 12.5. The lowest BCUT2D eigenvalue weighted by Gasteiger charge is -2.23. The van der Waals surface area contributed by atoms with E-state index in [4.69, 9.17) is 0 Å². The van der Waals surface area contributed by atoms with Crippen LogP contribution in [0.4, 0.5) is 0 Å². The molecule has 1 aliphatic carbocycles. The Morgan fingerprint density at radius 2 is 1.65 bits per heavy atom. The molecular formula is C20H20O2S. The molecule has 0 spiro atoms. The normalized spacial score (nSPS) is 18.3. The number of ketones is 1. The second-order valence-corrected chi connectivity index (χ2v) is 7.22. The van der Waals surface area contributed by atoms with Gasteiger partial charge in [0.05, 0.1) is 4.91 Å². The molecule has 23 heavy (non-hydrogen) atoms. The Hall–Kier alpha value is -2.00. The van der Waals surface area contributed by atoms with Crippen LogP contribution in [0, 0.1) is 13.8 Å². The highest BCUT2D eigenvalue weighted by Gasteiger charge is 2.29. The number of aliphatic hydroxyl groups is 1. The molecule has 0 heterocycles. The van der Waals surface area contributed by atoms with E-state index in [-0.39, 0.29) is 17.5 Å². The smallest absolute Gasteiger partial charge is 0.173 e. The summed E-state index contributed by atoms with van der Waals surface area (Å²) in [6, 6.07) is 16.2. The van der Waals surface area contributed by atoms with E-state index in [2.05, 4.69) is 18.2 Å². The van der Waals surface area contributed by atoms with E-state index in [0.717, 1.165) is 21.6 Å². The monoisotopic (exact) mass is 324 g/mol. The SMILES string of the molecule is Cc1cc(C)cc(SC2=C(O)CC(c3ccccc3)CC2=O)c1. The predicted molar refractivity (Wildman–Crippen MR) is 94.9 cm³/mol. The minimum atomic E-state index is 0.0340. The molecule has 0 radical (unpaired) electrons. The van der Waals surface area contributed by atoms with Crippen molar-refractivity contribution in [1.29, 1.82) is 0 Å². The summed E-state index contributed by atoms with van der Waals surface area (Å²) in [4.78, 5) is 14.0. The second kappa shape index (κ2) is 6.63. The van der Waals surface area contributed by atoms with Crippen molar-refractivity contribution in [2.75, 3.05) is 0 Å². The molecule has 0 saturated carbocycles. The van der Waals surface area contributed by atoms with E-state index in [9.17, 15) is 9.90 Å². The zero-order chi connectivity index (χ0) is 16.4. The summed E-state index contributed by atoms with van der Waals surface area (Å²) in [5, 5.41) is 10.4. The highest BCUT2D eigenvalue weighted by atomic mass is 32.2. The first-order valence-corrected chi connectivity index (χ1v) is 8.61. The van der Waals surface area contributed by atoms with E-state index >= 15 is 0 Å². The molecule has 0 amide bonds. The molecular weight excluding hydrogens is 304 g/mol. The van der Waals surface area contributed by atoms with E-state index in [1.165, 1.54) is 11.8 Å². The van der Waals surface area contributed by atoms with Gasteiger partial charge in [-0.1, -0.05) is 48.2 Å². The molecule has 0 saturated heterocycles. The fourth-order valence-corrected chi connectivity index (χ4v) is 4.19. The fourth-order valence-electron chi connectivity index (χ4n) is 3.06. The first-order chi connectivity index (χ1) is 11.0. The van der Waals surface area contributed by atoms with Crippen molar-refractivity contribution in [2.45, 2.75) is 37.5 Å². The van der Waals surface area contributed by atoms with Crippen molar-refractivity contribution in [3.8, 4) is 0 Å². The molecule has 1 aliphatic rings. The van der Waals surface area contributed by atoms with Crippen LogP contribution in [0.1, 0.15) is 35.4 Å². The summed E-state index contributed by atoms with van der Waals surface area (Å²) < 4.78 is 0. The standard InChI is InChI=1S/C20H20O2S/c1-13-8-14(2)10-17(9-13)23-20-18(21)11-16(12-19(20)22)15-6-4-3-5-7-15/h3-10,16,21H,11-12H2,1-2H3. The number of thioether (sulfide) groups is 1. The van der Waals surface area contributed by atoms with E-state index in [0.29, 0.717) is 17.7 Å². The lowest BCUT2D eigenvalue weighted by molar-refractivity contribution is -0.115. The topological polar surface area (TPSA) is 37.3 Å². The van der Waals surface area contributed by atoms with Gasteiger partial charge in [0.2, 0.25) is 0 Å². The predicted octanol–water partition coefficient (Wildman–Crippen LogP) is 5.31. The van der Waals surface area contributed by atoms with Crippen LogP contribution in [0.5, 0.6) is 0 Å². The number of aliphatic hydroxyl groups excluding tert-OH is 1. The summed E-state index contributed by atoms with van der Waals surface area (Å²) in [7, 11) is 0.